The minimum atomic E-state index is 0.744. The molecule has 0 aliphatic heterocycles. The lowest BCUT2D eigenvalue weighted by Crippen LogP contribution is -2.22. The van der Waals surface area contributed by atoms with Crippen molar-refractivity contribution >= 4 is 0 Å². The molecule has 1 unspecified atom stereocenters. The van der Waals surface area contributed by atoms with Crippen molar-refractivity contribution in [1.29, 1.82) is 0 Å². The van der Waals surface area contributed by atoms with Gasteiger partial charge in [-0.05, 0) is 18.9 Å². The highest BCUT2D eigenvalue weighted by Crippen LogP contribution is 2.02. The lowest BCUT2D eigenvalue weighted by atomic mass is 10.1. The fourth-order valence-electron chi connectivity index (χ4n) is 1.51. The van der Waals surface area contributed by atoms with Gasteiger partial charge in [0.1, 0.15) is 12.2 Å². The van der Waals surface area contributed by atoms with Gasteiger partial charge in [-0.2, -0.15) is 5.10 Å². The van der Waals surface area contributed by atoms with E-state index in [-0.39, 0.29) is 0 Å². The van der Waals surface area contributed by atoms with Crippen molar-refractivity contribution in [3.63, 3.8) is 0 Å². The molecular formula is C10H20N4. The second-order valence-corrected chi connectivity index (χ2v) is 3.82. The zero-order valence-electron chi connectivity index (χ0n) is 9.32. The summed E-state index contributed by atoms with van der Waals surface area (Å²) >= 11 is 0. The first kappa shape index (κ1) is 11.2. The number of aryl methyl sites for hydroxylation is 1. The highest BCUT2D eigenvalue weighted by molar-refractivity contribution is 4.82. The predicted octanol–water partition coefficient (Wildman–Crippen LogP) is 1.34. The molecule has 0 aliphatic rings. The van der Waals surface area contributed by atoms with Gasteiger partial charge in [0.2, 0.25) is 0 Å². The van der Waals surface area contributed by atoms with Crippen molar-refractivity contribution < 1.29 is 0 Å². The van der Waals surface area contributed by atoms with Gasteiger partial charge in [0.15, 0.2) is 0 Å². The van der Waals surface area contributed by atoms with Gasteiger partial charge >= 0.3 is 0 Å². The summed E-state index contributed by atoms with van der Waals surface area (Å²) in [6.45, 7) is 6.36. The van der Waals surface area contributed by atoms with Crippen molar-refractivity contribution in [2.75, 3.05) is 6.54 Å². The Balaban J connectivity index is 2.19. The van der Waals surface area contributed by atoms with Gasteiger partial charge in [-0.1, -0.05) is 20.3 Å². The highest BCUT2D eigenvalue weighted by atomic mass is 15.3. The van der Waals surface area contributed by atoms with E-state index in [2.05, 4.69) is 29.2 Å². The van der Waals surface area contributed by atoms with Crippen LogP contribution < -0.4 is 5.32 Å². The predicted molar refractivity (Wildman–Crippen MR) is 56.8 cm³/mol. The Morgan fingerprint density at radius 2 is 2.36 bits per heavy atom. The molecule has 0 aliphatic carbocycles. The van der Waals surface area contributed by atoms with E-state index in [9.17, 15) is 0 Å². The third-order valence-electron chi connectivity index (χ3n) is 2.36. The largest absolute Gasteiger partial charge is 0.310 e. The van der Waals surface area contributed by atoms with Crippen LogP contribution in [0.3, 0.4) is 0 Å². The maximum absolute atomic E-state index is 4.15. The molecule has 0 radical (unpaired) electrons. The maximum atomic E-state index is 4.15. The van der Waals surface area contributed by atoms with E-state index in [0.717, 1.165) is 24.8 Å². The van der Waals surface area contributed by atoms with Crippen molar-refractivity contribution in [3.8, 4) is 0 Å². The molecule has 1 aromatic heterocycles. The van der Waals surface area contributed by atoms with Crippen molar-refractivity contribution in [2.24, 2.45) is 13.0 Å². The first-order chi connectivity index (χ1) is 6.74. The Morgan fingerprint density at radius 1 is 1.57 bits per heavy atom. The summed E-state index contributed by atoms with van der Waals surface area (Å²) in [4.78, 5) is 4.15. The third-order valence-corrected chi connectivity index (χ3v) is 2.36. The summed E-state index contributed by atoms with van der Waals surface area (Å²) in [5.41, 5.74) is 0. The molecule has 4 nitrogen and oxygen atoms in total. The number of nitrogens with one attached hydrogen (secondary N) is 1. The molecule has 0 fully saturated rings. The highest BCUT2D eigenvalue weighted by Gasteiger charge is 2.02. The SMILES string of the molecule is CCCC(C)CNCc1ncnn1C. The maximum Gasteiger partial charge on any atom is 0.140 e. The van der Waals surface area contributed by atoms with Gasteiger partial charge in [0, 0.05) is 7.05 Å². The van der Waals surface area contributed by atoms with E-state index in [1.807, 2.05) is 7.05 Å². The van der Waals surface area contributed by atoms with Crippen LogP contribution in [0.4, 0.5) is 0 Å². The van der Waals surface area contributed by atoms with E-state index in [1.165, 1.54) is 12.8 Å². The monoisotopic (exact) mass is 196 g/mol. The first-order valence-corrected chi connectivity index (χ1v) is 5.27. The van der Waals surface area contributed by atoms with Crippen molar-refractivity contribution in [2.45, 2.75) is 33.2 Å². The summed E-state index contributed by atoms with van der Waals surface area (Å²) in [5, 5.41) is 7.41. The van der Waals surface area contributed by atoms with E-state index < -0.39 is 0 Å². The van der Waals surface area contributed by atoms with Crippen LogP contribution in [0.1, 0.15) is 32.5 Å². The zero-order chi connectivity index (χ0) is 10.4. The summed E-state index contributed by atoms with van der Waals surface area (Å²) in [7, 11) is 1.92. The summed E-state index contributed by atoms with van der Waals surface area (Å²) in [6, 6.07) is 0. The minimum Gasteiger partial charge on any atom is -0.310 e. The van der Waals surface area contributed by atoms with Crippen LogP contribution >= 0.6 is 0 Å². The molecule has 1 atom stereocenters. The molecule has 0 spiro atoms. The number of nitrogens with zero attached hydrogens (tertiary/aromatic N) is 3. The molecule has 1 N–H and O–H groups in total. The van der Waals surface area contributed by atoms with Crippen molar-refractivity contribution in [3.05, 3.63) is 12.2 Å². The minimum absolute atomic E-state index is 0.744. The summed E-state index contributed by atoms with van der Waals surface area (Å²) < 4.78 is 1.80. The van der Waals surface area contributed by atoms with Crippen LogP contribution in [0, 0.1) is 5.92 Å². The lowest BCUT2D eigenvalue weighted by molar-refractivity contribution is 0.467. The molecular weight excluding hydrogens is 176 g/mol. The second kappa shape index (κ2) is 5.75. The van der Waals surface area contributed by atoms with Crippen LogP contribution in [-0.4, -0.2) is 21.3 Å². The van der Waals surface area contributed by atoms with E-state index in [1.54, 1.807) is 11.0 Å². The molecule has 0 bridgehead atoms. The molecule has 80 valence electrons. The second-order valence-electron chi connectivity index (χ2n) is 3.82. The number of rotatable bonds is 6. The number of hydrogen-bond acceptors (Lipinski definition) is 3. The van der Waals surface area contributed by atoms with Gasteiger partial charge in [-0.15, -0.1) is 0 Å². The Labute approximate surface area is 85.7 Å². The van der Waals surface area contributed by atoms with Crippen LogP contribution in [0.2, 0.25) is 0 Å². The summed E-state index contributed by atoms with van der Waals surface area (Å²) in [5.74, 6) is 1.74. The Bertz CT molecular complexity index is 256. The van der Waals surface area contributed by atoms with Crippen LogP contribution in [0.25, 0.3) is 0 Å². The average molecular weight is 196 g/mol. The standard InChI is InChI=1S/C10H20N4/c1-4-5-9(2)6-11-7-10-12-8-13-14(10)3/h8-9,11H,4-7H2,1-3H3. The van der Waals surface area contributed by atoms with E-state index in [0.29, 0.717) is 0 Å². The molecule has 0 aromatic carbocycles. The fraction of sp³-hybridized carbons (Fsp3) is 0.800. The van der Waals surface area contributed by atoms with Gasteiger partial charge in [-0.3, -0.25) is 4.68 Å². The quantitative estimate of drug-likeness (QED) is 0.746. The number of hydrogen-bond donors (Lipinski definition) is 1. The first-order valence-electron chi connectivity index (χ1n) is 5.27. The molecule has 1 heterocycles. The number of aromatic nitrogens is 3. The van der Waals surface area contributed by atoms with Gasteiger partial charge in [0.25, 0.3) is 0 Å². The molecule has 4 heteroatoms. The van der Waals surface area contributed by atoms with Crippen LogP contribution in [0.5, 0.6) is 0 Å². The third kappa shape index (κ3) is 3.46. The fourth-order valence-corrected chi connectivity index (χ4v) is 1.51. The van der Waals surface area contributed by atoms with Crippen molar-refractivity contribution in [1.82, 2.24) is 20.1 Å². The van der Waals surface area contributed by atoms with E-state index in [4.69, 9.17) is 0 Å². The van der Waals surface area contributed by atoms with E-state index >= 15 is 0 Å². The molecule has 0 saturated heterocycles. The normalized spacial score (nSPS) is 13.1. The Morgan fingerprint density at radius 3 is 2.93 bits per heavy atom. The summed E-state index contributed by atoms with van der Waals surface area (Å²) in [6.07, 6.45) is 4.13. The molecule has 14 heavy (non-hydrogen) atoms. The lowest BCUT2D eigenvalue weighted by Gasteiger charge is -2.10. The Hall–Kier alpha value is -0.900. The Kier molecular flexibility index (Phi) is 4.59. The van der Waals surface area contributed by atoms with Crippen LogP contribution in [-0.2, 0) is 13.6 Å². The smallest absolute Gasteiger partial charge is 0.140 e. The van der Waals surface area contributed by atoms with Gasteiger partial charge in [-0.25, -0.2) is 4.98 Å². The van der Waals surface area contributed by atoms with Gasteiger partial charge in [0.05, 0.1) is 6.54 Å². The van der Waals surface area contributed by atoms with Crippen LogP contribution in [0.15, 0.2) is 6.33 Å². The molecule has 0 saturated carbocycles. The topological polar surface area (TPSA) is 42.7 Å². The zero-order valence-corrected chi connectivity index (χ0v) is 9.32. The average Bonchev–Trinajstić information content (AvgIpc) is 2.52. The molecule has 1 rings (SSSR count). The molecule has 1 aromatic rings. The molecule has 0 amide bonds. The van der Waals surface area contributed by atoms with Gasteiger partial charge < -0.3 is 5.32 Å².